The van der Waals surface area contributed by atoms with E-state index in [1.165, 1.54) is 0 Å². The van der Waals surface area contributed by atoms with Crippen molar-refractivity contribution >= 4 is 23.3 Å². The Morgan fingerprint density at radius 1 is 1.21 bits per heavy atom. The Labute approximate surface area is 119 Å². The first-order valence-corrected chi connectivity index (χ1v) is 7.05. The van der Waals surface area contributed by atoms with E-state index in [1.807, 2.05) is 18.2 Å². The van der Waals surface area contributed by atoms with Crippen LogP contribution in [0.1, 0.15) is 25.7 Å². The van der Waals surface area contributed by atoms with Gasteiger partial charge in [-0.3, -0.25) is 0 Å². The fourth-order valence-corrected chi connectivity index (χ4v) is 1.88. The molecule has 0 radical (unpaired) electrons. The summed E-state index contributed by atoms with van der Waals surface area (Å²) in [6, 6.07) is 7.12. The lowest BCUT2D eigenvalue weighted by atomic mass is 10.2. The van der Waals surface area contributed by atoms with E-state index in [0.717, 1.165) is 25.7 Å². The molecule has 106 valence electrons. The van der Waals surface area contributed by atoms with Gasteiger partial charge in [-0.2, -0.15) is 0 Å². The quantitative estimate of drug-likeness (QED) is 0.566. The minimum Gasteiger partial charge on any atom is -0.495 e. The summed E-state index contributed by atoms with van der Waals surface area (Å²) in [5, 5.41) is 5.59. The molecule has 0 unspecified atom stereocenters. The van der Waals surface area contributed by atoms with E-state index in [0.29, 0.717) is 23.9 Å². The minimum absolute atomic E-state index is 0.207. The first kappa shape index (κ1) is 15.6. The van der Waals surface area contributed by atoms with E-state index in [2.05, 4.69) is 10.6 Å². The van der Waals surface area contributed by atoms with Crippen LogP contribution in [0.25, 0.3) is 0 Å². The molecule has 0 aliphatic heterocycles. The molecule has 0 fully saturated rings. The molecular formula is C14H21ClN2O2. The van der Waals surface area contributed by atoms with E-state index in [9.17, 15) is 4.79 Å². The number of benzene rings is 1. The summed E-state index contributed by atoms with van der Waals surface area (Å²) < 4.78 is 5.16. The van der Waals surface area contributed by atoms with Gasteiger partial charge in [-0.15, -0.1) is 11.6 Å². The number of carbonyl (C=O) groups is 1. The summed E-state index contributed by atoms with van der Waals surface area (Å²) in [4.78, 5) is 11.7. The van der Waals surface area contributed by atoms with Crippen molar-refractivity contribution in [3.63, 3.8) is 0 Å². The third kappa shape index (κ3) is 6.34. The SMILES string of the molecule is COc1ccccc1NC(=O)NCCCCCCCl. The highest BCUT2D eigenvalue weighted by Gasteiger charge is 2.05. The van der Waals surface area contributed by atoms with Crippen molar-refractivity contribution in [3.8, 4) is 5.75 Å². The number of hydrogen-bond acceptors (Lipinski definition) is 2. The smallest absolute Gasteiger partial charge is 0.319 e. The Morgan fingerprint density at radius 3 is 2.68 bits per heavy atom. The largest absolute Gasteiger partial charge is 0.495 e. The number of hydrogen-bond donors (Lipinski definition) is 2. The molecule has 4 nitrogen and oxygen atoms in total. The number of rotatable bonds is 8. The van der Waals surface area contributed by atoms with Crippen LogP contribution >= 0.6 is 11.6 Å². The molecule has 0 aliphatic rings. The molecule has 19 heavy (non-hydrogen) atoms. The number of methoxy groups -OCH3 is 1. The summed E-state index contributed by atoms with van der Waals surface area (Å²) in [6.07, 6.45) is 4.20. The number of urea groups is 1. The summed E-state index contributed by atoms with van der Waals surface area (Å²) in [7, 11) is 1.58. The summed E-state index contributed by atoms with van der Waals surface area (Å²) >= 11 is 5.59. The van der Waals surface area contributed by atoms with Gasteiger partial charge in [0.25, 0.3) is 0 Å². The molecule has 2 N–H and O–H groups in total. The zero-order valence-corrected chi connectivity index (χ0v) is 12.0. The monoisotopic (exact) mass is 284 g/mol. The molecule has 0 aromatic heterocycles. The molecule has 0 bridgehead atoms. The highest BCUT2D eigenvalue weighted by atomic mass is 35.5. The minimum atomic E-state index is -0.207. The average molecular weight is 285 g/mol. The number of nitrogens with one attached hydrogen (secondary N) is 2. The second kappa shape index (κ2) is 9.50. The van der Waals surface area contributed by atoms with Gasteiger partial charge < -0.3 is 15.4 Å². The molecule has 2 amide bonds. The normalized spacial score (nSPS) is 10.0. The summed E-state index contributed by atoms with van der Waals surface area (Å²) in [5.41, 5.74) is 0.671. The van der Waals surface area contributed by atoms with Gasteiger partial charge in [-0.25, -0.2) is 4.79 Å². The Balaban J connectivity index is 2.23. The van der Waals surface area contributed by atoms with Crippen LogP contribution in [0.5, 0.6) is 5.75 Å². The Hall–Kier alpha value is -1.42. The van der Waals surface area contributed by atoms with Crippen molar-refractivity contribution in [1.29, 1.82) is 0 Å². The van der Waals surface area contributed by atoms with Crippen molar-refractivity contribution in [2.75, 3.05) is 24.9 Å². The van der Waals surface area contributed by atoms with E-state index in [-0.39, 0.29) is 6.03 Å². The molecule has 0 atom stereocenters. The van der Waals surface area contributed by atoms with Crippen molar-refractivity contribution in [2.24, 2.45) is 0 Å². The number of halogens is 1. The third-order valence-electron chi connectivity index (χ3n) is 2.70. The fourth-order valence-electron chi connectivity index (χ4n) is 1.69. The molecular weight excluding hydrogens is 264 g/mol. The number of carbonyl (C=O) groups excluding carboxylic acids is 1. The van der Waals surface area contributed by atoms with E-state index in [4.69, 9.17) is 16.3 Å². The molecule has 5 heteroatoms. The third-order valence-corrected chi connectivity index (χ3v) is 2.97. The van der Waals surface area contributed by atoms with Crippen LogP contribution < -0.4 is 15.4 Å². The van der Waals surface area contributed by atoms with Crippen LogP contribution in [0.2, 0.25) is 0 Å². The molecule has 0 spiro atoms. The molecule has 1 aromatic rings. The van der Waals surface area contributed by atoms with E-state index in [1.54, 1.807) is 13.2 Å². The molecule has 0 saturated heterocycles. The highest BCUT2D eigenvalue weighted by molar-refractivity contribution is 6.17. The maximum absolute atomic E-state index is 11.7. The van der Waals surface area contributed by atoms with E-state index < -0.39 is 0 Å². The lowest BCUT2D eigenvalue weighted by molar-refractivity contribution is 0.251. The maximum Gasteiger partial charge on any atom is 0.319 e. The highest BCUT2D eigenvalue weighted by Crippen LogP contribution is 2.22. The van der Waals surface area contributed by atoms with Gasteiger partial charge in [0, 0.05) is 12.4 Å². The Morgan fingerprint density at radius 2 is 1.95 bits per heavy atom. The van der Waals surface area contributed by atoms with Crippen LogP contribution in [-0.4, -0.2) is 25.6 Å². The zero-order valence-electron chi connectivity index (χ0n) is 11.2. The fraction of sp³-hybridized carbons (Fsp3) is 0.500. The molecule has 0 aliphatic carbocycles. The molecule has 0 heterocycles. The number of unbranched alkanes of at least 4 members (excludes halogenated alkanes) is 3. The number of para-hydroxylation sites is 2. The summed E-state index contributed by atoms with van der Waals surface area (Å²) in [5.74, 6) is 1.36. The van der Waals surface area contributed by atoms with Crippen molar-refractivity contribution in [1.82, 2.24) is 5.32 Å². The number of anilines is 1. The summed E-state index contributed by atoms with van der Waals surface area (Å²) in [6.45, 7) is 0.670. The standard InChI is InChI=1S/C14H21ClN2O2/c1-19-13-9-5-4-8-12(13)17-14(18)16-11-7-3-2-6-10-15/h4-5,8-9H,2-3,6-7,10-11H2,1H3,(H2,16,17,18). The Kier molecular flexibility index (Phi) is 7.82. The number of ether oxygens (including phenoxy) is 1. The zero-order chi connectivity index (χ0) is 13.9. The van der Waals surface area contributed by atoms with Gasteiger partial charge in [0.15, 0.2) is 0 Å². The van der Waals surface area contributed by atoms with Crippen LogP contribution in [0.3, 0.4) is 0 Å². The van der Waals surface area contributed by atoms with Gasteiger partial charge in [0.2, 0.25) is 0 Å². The van der Waals surface area contributed by atoms with Crippen LogP contribution in [-0.2, 0) is 0 Å². The van der Waals surface area contributed by atoms with Crippen molar-refractivity contribution < 1.29 is 9.53 Å². The van der Waals surface area contributed by atoms with Gasteiger partial charge in [-0.05, 0) is 25.0 Å². The predicted octanol–water partition coefficient (Wildman–Crippen LogP) is 3.62. The molecule has 1 aromatic carbocycles. The number of alkyl halides is 1. The first-order chi connectivity index (χ1) is 9.27. The van der Waals surface area contributed by atoms with E-state index >= 15 is 0 Å². The number of amides is 2. The van der Waals surface area contributed by atoms with Crippen LogP contribution in [0.4, 0.5) is 10.5 Å². The van der Waals surface area contributed by atoms with Crippen molar-refractivity contribution in [2.45, 2.75) is 25.7 Å². The average Bonchev–Trinajstić information content (AvgIpc) is 2.43. The second-order valence-electron chi connectivity index (χ2n) is 4.18. The second-order valence-corrected chi connectivity index (χ2v) is 4.56. The lowest BCUT2D eigenvalue weighted by Gasteiger charge is -2.10. The Bertz CT molecular complexity index is 385. The topological polar surface area (TPSA) is 50.4 Å². The van der Waals surface area contributed by atoms with Gasteiger partial charge >= 0.3 is 6.03 Å². The van der Waals surface area contributed by atoms with Gasteiger partial charge in [0.1, 0.15) is 5.75 Å². The predicted molar refractivity (Wildman–Crippen MR) is 79.2 cm³/mol. The molecule has 1 rings (SSSR count). The van der Waals surface area contributed by atoms with Crippen LogP contribution in [0, 0.1) is 0 Å². The first-order valence-electron chi connectivity index (χ1n) is 6.51. The lowest BCUT2D eigenvalue weighted by Crippen LogP contribution is -2.29. The van der Waals surface area contributed by atoms with Crippen molar-refractivity contribution in [3.05, 3.63) is 24.3 Å². The maximum atomic E-state index is 11.7. The van der Waals surface area contributed by atoms with Crippen LogP contribution in [0.15, 0.2) is 24.3 Å². The van der Waals surface area contributed by atoms with Gasteiger partial charge in [-0.1, -0.05) is 25.0 Å². The van der Waals surface area contributed by atoms with Gasteiger partial charge in [0.05, 0.1) is 12.8 Å². The molecule has 0 saturated carbocycles.